The Morgan fingerprint density at radius 2 is 2.06 bits per heavy atom. The first-order valence-electron chi connectivity index (χ1n) is 6.44. The first kappa shape index (κ1) is 13.1. The van der Waals surface area contributed by atoms with E-state index in [0.717, 1.165) is 5.95 Å². The summed E-state index contributed by atoms with van der Waals surface area (Å²) < 4.78 is 2.25. The predicted octanol–water partition coefficient (Wildman–Crippen LogP) is 3.84. The molecule has 3 nitrogen and oxygen atoms in total. The van der Waals surface area contributed by atoms with Crippen LogP contribution in [0, 0.1) is 0 Å². The number of anilines is 1. The van der Waals surface area contributed by atoms with Gasteiger partial charge in [-0.1, -0.05) is 26.2 Å². The van der Waals surface area contributed by atoms with Gasteiger partial charge in [0, 0.05) is 24.5 Å². The molecule has 0 spiro atoms. The van der Waals surface area contributed by atoms with Crippen LogP contribution in [-0.4, -0.2) is 15.6 Å². The van der Waals surface area contributed by atoms with E-state index in [1.165, 1.54) is 25.7 Å². The SMILES string of the molecule is CCCCCC(C)n1ccnc1NC(C)C. The molecule has 0 aliphatic carbocycles. The first-order valence-corrected chi connectivity index (χ1v) is 6.44. The molecule has 0 amide bonds. The first-order chi connectivity index (χ1) is 7.65. The third-order valence-corrected chi connectivity index (χ3v) is 2.79. The number of aromatic nitrogens is 2. The van der Waals surface area contributed by atoms with Crippen molar-refractivity contribution in [2.24, 2.45) is 0 Å². The van der Waals surface area contributed by atoms with E-state index in [1.807, 2.05) is 6.20 Å². The van der Waals surface area contributed by atoms with E-state index >= 15 is 0 Å². The van der Waals surface area contributed by atoms with Crippen molar-refractivity contribution >= 4 is 5.95 Å². The summed E-state index contributed by atoms with van der Waals surface area (Å²) in [6.07, 6.45) is 9.09. The van der Waals surface area contributed by atoms with Gasteiger partial charge in [0.05, 0.1) is 0 Å². The summed E-state index contributed by atoms with van der Waals surface area (Å²) in [5.74, 6) is 0.999. The summed E-state index contributed by atoms with van der Waals surface area (Å²) in [4.78, 5) is 4.36. The predicted molar refractivity (Wildman–Crippen MR) is 69.8 cm³/mol. The largest absolute Gasteiger partial charge is 0.353 e. The zero-order valence-electron chi connectivity index (χ0n) is 11.0. The molecular weight excluding hydrogens is 198 g/mol. The minimum Gasteiger partial charge on any atom is -0.353 e. The van der Waals surface area contributed by atoms with E-state index in [-0.39, 0.29) is 0 Å². The van der Waals surface area contributed by atoms with Crippen molar-refractivity contribution < 1.29 is 0 Å². The van der Waals surface area contributed by atoms with Gasteiger partial charge in [-0.2, -0.15) is 0 Å². The van der Waals surface area contributed by atoms with Crippen LogP contribution in [0.1, 0.15) is 59.4 Å². The van der Waals surface area contributed by atoms with E-state index in [9.17, 15) is 0 Å². The zero-order chi connectivity index (χ0) is 12.0. The van der Waals surface area contributed by atoms with E-state index in [4.69, 9.17) is 0 Å². The number of rotatable bonds is 7. The third kappa shape index (κ3) is 3.87. The summed E-state index contributed by atoms with van der Waals surface area (Å²) in [5, 5.41) is 3.38. The fourth-order valence-corrected chi connectivity index (χ4v) is 1.87. The van der Waals surface area contributed by atoms with Crippen LogP contribution in [0.4, 0.5) is 5.95 Å². The van der Waals surface area contributed by atoms with Crippen molar-refractivity contribution in [3.05, 3.63) is 12.4 Å². The number of hydrogen-bond acceptors (Lipinski definition) is 2. The van der Waals surface area contributed by atoms with Crippen molar-refractivity contribution in [3.8, 4) is 0 Å². The topological polar surface area (TPSA) is 29.9 Å². The highest BCUT2D eigenvalue weighted by molar-refractivity contribution is 5.27. The van der Waals surface area contributed by atoms with Gasteiger partial charge in [-0.25, -0.2) is 4.98 Å². The second kappa shape index (κ2) is 6.56. The van der Waals surface area contributed by atoms with Crippen LogP contribution >= 0.6 is 0 Å². The van der Waals surface area contributed by atoms with Gasteiger partial charge in [0.2, 0.25) is 5.95 Å². The number of imidazole rings is 1. The number of hydrogen-bond donors (Lipinski definition) is 1. The molecule has 0 aliphatic rings. The average Bonchev–Trinajstić information content (AvgIpc) is 2.65. The van der Waals surface area contributed by atoms with E-state index in [2.05, 4.69) is 48.8 Å². The molecule has 1 aromatic rings. The Bertz CT molecular complexity index is 291. The van der Waals surface area contributed by atoms with Crippen LogP contribution in [0.3, 0.4) is 0 Å². The fraction of sp³-hybridized carbons (Fsp3) is 0.769. The van der Waals surface area contributed by atoms with Crippen LogP contribution in [0.5, 0.6) is 0 Å². The van der Waals surface area contributed by atoms with E-state index in [0.29, 0.717) is 12.1 Å². The summed E-state index contributed by atoms with van der Waals surface area (Å²) in [6.45, 7) is 8.79. The lowest BCUT2D eigenvalue weighted by Crippen LogP contribution is -2.16. The number of nitrogens with zero attached hydrogens (tertiary/aromatic N) is 2. The standard InChI is InChI=1S/C13H25N3/c1-5-6-7-8-12(4)16-10-9-14-13(16)15-11(2)3/h9-12H,5-8H2,1-4H3,(H,14,15). The van der Waals surface area contributed by atoms with Gasteiger partial charge in [0.15, 0.2) is 0 Å². The molecule has 92 valence electrons. The van der Waals surface area contributed by atoms with Crippen molar-refractivity contribution in [3.63, 3.8) is 0 Å². The monoisotopic (exact) mass is 223 g/mol. The van der Waals surface area contributed by atoms with Gasteiger partial charge in [-0.05, 0) is 27.2 Å². The third-order valence-electron chi connectivity index (χ3n) is 2.79. The molecule has 1 atom stereocenters. The van der Waals surface area contributed by atoms with Gasteiger partial charge in [-0.3, -0.25) is 0 Å². The molecule has 16 heavy (non-hydrogen) atoms. The number of unbranched alkanes of at least 4 members (excludes halogenated alkanes) is 2. The summed E-state index contributed by atoms with van der Waals surface area (Å²) in [5.41, 5.74) is 0. The molecule has 0 aliphatic heterocycles. The highest BCUT2D eigenvalue weighted by atomic mass is 15.2. The highest BCUT2D eigenvalue weighted by Gasteiger charge is 2.09. The minimum absolute atomic E-state index is 0.434. The summed E-state index contributed by atoms with van der Waals surface area (Å²) in [7, 11) is 0. The molecule has 3 heteroatoms. The van der Waals surface area contributed by atoms with Gasteiger partial charge in [0.1, 0.15) is 0 Å². The molecule has 0 saturated carbocycles. The smallest absolute Gasteiger partial charge is 0.203 e. The molecular formula is C13H25N3. The van der Waals surface area contributed by atoms with Gasteiger partial charge in [0.25, 0.3) is 0 Å². The maximum atomic E-state index is 4.36. The maximum absolute atomic E-state index is 4.36. The Labute approximate surface area is 99.3 Å². The van der Waals surface area contributed by atoms with Crippen LogP contribution in [0.2, 0.25) is 0 Å². The lowest BCUT2D eigenvalue weighted by atomic mass is 10.1. The normalized spacial score (nSPS) is 13.1. The number of nitrogens with one attached hydrogen (secondary N) is 1. The van der Waals surface area contributed by atoms with Crippen LogP contribution in [0.25, 0.3) is 0 Å². The summed E-state index contributed by atoms with van der Waals surface area (Å²) in [6, 6.07) is 0.972. The van der Waals surface area contributed by atoms with Crippen LogP contribution in [-0.2, 0) is 0 Å². The van der Waals surface area contributed by atoms with Crippen molar-refractivity contribution in [1.29, 1.82) is 0 Å². The van der Waals surface area contributed by atoms with Gasteiger partial charge >= 0.3 is 0 Å². The maximum Gasteiger partial charge on any atom is 0.203 e. The quantitative estimate of drug-likeness (QED) is 0.712. The van der Waals surface area contributed by atoms with E-state index < -0.39 is 0 Å². The molecule has 0 saturated heterocycles. The summed E-state index contributed by atoms with van der Waals surface area (Å²) >= 11 is 0. The van der Waals surface area contributed by atoms with Crippen LogP contribution in [0.15, 0.2) is 12.4 Å². The Balaban J connectivity index is 2.53. The lowest BCUT2D eigenvalue weighted by Gasteiger charge is -2.18. The van der Waals surface area contributed by atoms with Crippen LogP contribution < -0.4 is 5.32 Å². The Morgan fingerprint density at radius 1 is 1.31 bits per heavy atom. The Kier molecular flexibility index (Phi) is 5.36. The Morgan fingerprint density at radius 3 is 2.69 bits per heavy atom. The average molecular weight is 223 g/mol. The van der Waals surface area contributed by atoms with Gasteiger partial charge < -0.3 is 9.88 Å². The second-order valence-corrected chi connectivity index (χ2v) is 4.80. The highest BCUT2D eigenvalue weighted by Crippen LogP contribution is 2.19. The fourth-order valence-electron chi connectivity index (χ4n) is 1.87. The van der Waals surface area contributed by atoms with Crippen molar-refractivity contribution in [2.75, 3.05) is 5.32 Å². The molecule has 0 bridgehead atoms. The van der Waals surface area contributed by atoms with Gasteiger partial charge in [-0.15, -0.1) is 0 Å². The second-order valence-electron chi connectivity index (χ2n) is 4.80. The molecule has 1 unspecified atom stereocenters. The Hall–Kier alpha value is -0.990. The lowest BCUT2D eigenvalue weighted by molar-refractivity contribution is 0.479. The minimum atomic E-state index is 0.434. The van der Waals surface area contributed by atoms with Crippen molar-refractivity contribution in [2.45, 2.75) is 65.5 Å². The molecule has 1 heterocycles. The van der Waals surface area contributed by atoms with Crippen molar-refractivity contribution in [1.82, 2.24) is 9.55 Å². The molecule has 0 fully saturated rings. The molecule has 0 aromatic carbocycles. The molecule has 1 aromatic heterocycles. The zero-order valence-corrected chi connectivity index (χ0v) is 11.0. The molecule has 1 rings (SSSR count). The molecule has 0 radical (unpaired) electrons. The molecule has 1 N–H and O–H groups in total. The van der Waals surface area contributed by atoms with E-state index in [1.54, 1.807) is 0 Å².